The molecule has 0 aromatic rings. The molecule has 9 heavy (non-hydrogen) atoms. The van der Waals surface area contributed by atoms with E-state index in [1.54, 1.807) is 0 Å². The maximum atomic E-state index is 8.78. The SMILES string of the molecule is OCC1C(O)C(O)C1O. The maximum Gasteiger partial charge on any atom is 0.107 e. The van der Waals surface area contributed by atoms with Crippen molar-refractivity contribution < 1.29 is 20.4 Å². The zero-order chi connectivity index (χ0) is 7.02. The van der Waals surface area contributed by atoms with Crippen molar-refractivity contribution in [1.29, 1.82) is 0 Å². The summed E-state index contributed by atoms with van der Waals surface area (Å²) in [6.45, 7) is -0.278. The highest BCUT2D eigenvalue weighted by molar-refractivity contribution is 4.97. The average molecular weight is 134 g/mol. The van der Waals surface area contributed by atoms with Gasteiger partial charge in [-0.1, -0.05) is 0 Å². The second kappa shape index (κ2) is 2.22. The minimum atomic E-state index is -1.07. The highest BCUT2D eigenvalue weighted by Crippen LogP contribution is 2.27. The van der Waals surface area contributed by atoms with Crippen molar-refractivity contribution >= 4 is 0 Å². The Hall–Kier alpha value is -0.160. The summed E-state index contributed by atoms with van der Waals surface area (Å²) in [5, 5.41) is 34.6. The standard InChI is InChI=1S/C5H10O4/c6-1-2-3(7)5(9)4(2)8/h2-9H,1H2. The van der Waals surface area contributed by atoms with Crippen molar-refractivity contribution in [1.82, 2.24) is 0 Å². The van der Waals surface area contributed by atoms with Crippen LogP contribution in [0.1, 0.15) is 0 Å². The molecule has 0 aromatic heterocycles. The first-order valence-corrected chi connectivity index (χ1v) is 2.83. The lowest BCUT2D eigenvalue weighted by atomic mass is 9.76. The molecule has 54 valence electrons. The topological polar surface area (TPSA) is 80.9 Å². The summed E-state index contributed by atoms with van der Waals surface area (Å²) >= 11 is 0. The maximum absolute atomic E-state index is 8.78. The Morgan fingerprint density at radius 1 is 0.889 bits per heavy atom. The van der Waals surface area contributed by atoms with Crippen LogP contribution in [0.15, 0.2) is 0 Å². The Kier molecular flexibility index (Phi) is 1.72. The highest BCUT2D eigenvalue weighted by atomic mass is 16.4. The van der Waals surface area contributed by atoms with E-state index in [0.717, 1.165) is 0 Å². The zero-order valence-electron chi connectivity index (χ0n) is 4.81. The largest absolute Gasteiger partial charge is 0.396 e. The normalized spacial score (nSPS) is 50.7. The predicted molar refractivity (Wildman–Crippen MR) is 28.6 cm³/mol. The molecule has 0 aliphatic heterocycles. The molecule has 0 heterocycles. The molecule has 1 aliphatic carbocycles. The Morgan fingerprint density at radius 2 is 1.33 bits per heavy atom. The first kappa shape index (κ1) is 6.95. The molecule has 2 atom stereocenters. The molecule has 4 N–H and O–H groups in total. The van der Waals surface area contributed by atoms with Crippen LogP contribution in [0, 0.1) is 5.92 Å². The van der Waals surface area contributed by atoms with E-state index >= 15 is 0 Å². The van der Waals surface area contributed by atoms with Crippen LogP contribution >= 0.6 is 0 Å². The van der Waals surface area contributed by atoms with Gasteiger partial charge in [-0.05, 0) is 0 Å². The summed E-state index contributed by atoms with van der Waals surface area (Å²) in [4.78, 5) is 0. The molecular formula is C5H10O4. The van der Waals surface area contributed by atoms with E-state index < -0.39 is 24.2 Å². The highest BCUT2D eigenvalue weighted by Gasteiger charge is 2.47. The molecule has 1 saturated carbocycles. The van der Waals surface area contributed by atoms with Gasteiger partial charge < -0.3 is 20.4 Å². The van der Waals surface area contributed by atoms with Gasteiger partial charge in [0.1, 0.15) is 6.10 Å². The average Bonchev–Trinajstić information content (AvgIpc) is 1.89. The van der Waals surface area contributed by atoms with Crippen LogP contribution in [0.2, 0.25) is 0 Å². The number of hydrogen-bond donors (Lipinski definition) is 4. The third-order valence-corrected chi connectivity index (χ3v) is 1.79. The smallest absolute Gasteiger partial charge is 0.107 e. The summed E-state index contributed by atoms with van der Waals surface area (Å²) in [5.41, 5.74) is 0. The minimum Gasteiger partial charge on any atom is -0.396 e. The van der Waals surface area contributed by atoms with Gasteiger partial charge in [-0.3, -0.25) is 0 Å². The number of hydrogen-bond acceptors (Lipinski definition) is 4. The lowest BCUT2D eigenvalue weighted by Crippen LogP contribution is -2.60. The minimum absolute atomic E-state index is 0.278. The summed E-state index contributed by atoms with van der Waals surface area (Å²) in [6.07, 6.45) is -2.97. The van der Waals surface area contributed by atoms with E-state index in [1.807, 2.05) is 0 Å². The van der Waals surface area contributed by atoms with Crippen LogP contribution in [0.25, 0.3) is 0 Å². The molecule has 0 spiro atoms. The van der Waals surface area contributed by atoms with E-state index in [1.165, 1.54) is 0 Å². The van der Waals surface area contributed by atoms with Gasteiger partial charge >= 0.3 is 0 Å². The number of aliphatic hydroxyl groups is 4. The predicted octanol–water partition coefficient (Wildman–Crippen LogP) is -2.31. The molecule has 1 fully saturated rings. The van der Waals surface area contributed by atoms with Gasteiger partial charge in [0, 0.05) is 5.92 Å². The van der Waals surface area contributed by atoms with Gasteiger partial charge in [0.25, 0.3) is 0 Å². The van der Waals surface area contributed by atoms with E-state index in [-0.39, 0.29) is 6.61 Å². The monoisotopic (exact) mass is 134 g/mol. The van der Waals surface area contributed by atoms with Gasteiger partial charge in [0.05, 0.1) is 18.8 Å². The molecular weight excluding hydrogens is 124 g/mol. The van der Waals surface area contributed by atoms with Crippen molar-refractivity contribution in [2.75, 3.05) is 6.61 Å². The van der Waals surface area contributed by atoms with Crippen LogP contribution in [0.3, 0.4) is 0 Å². The van der Waals surface area contributed by atoms with Crippen molar-refractivity contribution in [3.05, 3.63) is 0 Å². The fourth-order valence-corrected chi connectivity index (χ4v) is 0.981. The van der Waals surface area contributed by atoms with Crippen molar-refractivity contribution in [3.63, 3.8) is 0 Å². The fraction of sp³-hybridized carbons (Fsp3) is 1.00. The molecule has 1 aliphatic rings. The third kappa shape index (κ3) is 0.840. The number of aliphatic hydroxyl groups excluding tert-OH is 4. The van der Waals surface area contributed by atoms with Gasteiger partial charge in [-0.2, -0.15) is 0 Å². The van der Waals surface area contributed by atoms with Gasteiger partial charge in [-0.15, -0.1) is 0 Å². The summed E-state index contributed by atoms with van der Waals surface area (Å²) in [7, 11) is 0. The quantitative estimate of drug-likeness (QED) is 0.325. The van der Waals surface area contributed by atoms with Crippen molar-refractivity contribution in [3.8, 4) is 0 Å². The van der Waals surface area contributed by atoms with Gasteiger partial charge in [0.15, 0.2) is 0 Å². The molecule has 0 amide bonds. The van der Waals surface area contributed by atoms with Crippen molar-refractivity contribution in [2.45, 2.75) is 18.3 Å². The molecule has 0 saturated heterocycles. The van der Waals surface area contributed by atoms with Gasteiger partial charge in [0.2, 0.25) is 0 Å². The molecule has 2 unspecified atom stereocenters. The van der Waals surface area contributed by atoms with E-state index in [9.17, 15) is 0 Å². The second-order valence-corrected chi connectivity index (χ2v) is 2.32. The van der Waals surface area contributed by atoms with Gasteiger partial charge in [-0.25, -0.2) is 0 Å². The van der Waals surface area contributed by atoms with Crippen LogP contribution < -0.4 is 0 Å². The van der Waals surface area contributed by atoms with Crippen molar-refractivity contribution in [2.24, 2.45) is 5.92 Å². The first-order valence-electron chi connectivity index (χ1n) is 2.83. The van der Waals surface area contributed by atoms with Crippen LogP contribution in [-0.4, -0.2) is 45.3 Å². The lowest BCUT2D eigenvalue weighted by Gasteiger charge is -2.41. The fourth-order valence-electron chi connectivity index (χ4n) is 0.981. The Labute approximate surface area is 52.4 Å². The molecule has 1 rings (SSSR count). The molecule has 0 radical (unpaired) electrons. The second-order valence-electron chi connectivity index (χ2n) is 2.32. The Morgan fingerprint density at radius 3 is 1.56 bits per heavy atom. The first-order chi connectivity index (χ1) is 4.18. The van der Waals surface area contributed by atoms with E-state index in [2.05, 4.69) is 0 Å². The Bertz CT molecular complexity index is 95.1. The molecule has 4 heteroatoms. The molecule has 0 bridgehead atoms. The molecule has 4 nitrogen and oxygen atoms in total. The summed E-state index contributed by atoms with van der Waals surface area (Å²) in [6, 6.07) is 0. The lowest BCUT2D eigenvalue weighted by molar-refractivity contribution is -0.201. The van der Waals surface area contributed by atoms with Crippen LogP contribution in [0.5, 0.6) is 0 Å². The Balaban J connectivity index is 2.41. The van der Waals surface area contributed by atoms with E-state index in [4.69, 9.17) is 20.4 Å². The number of rotatable bonds is 1. The van der Waals surface area contributed by atoms with E-state index in [0.29, 0.717) is 0 Å². The summed E-state index contributed by atoms with van der Waals surface area (Å²) < 4.78 is 0. The third-order valence-electron chi connectivity index (χ3n) is 1.79. The molecule has 0 aromatic carbocycles. The zero-order valence-corrected chi connectivity index (χ0v) is 4.81. The van der Waals surface area contributed by atoms with Crippen LogP contribution in [0.4, 0.5) is 0 Å². The van der Waals surface area contributed by atoms with Crippen LogP contribution in [-0.2, 0) is 0 Å². The summed E-state index contributed by atoms with van der Waals surface area (Å²) in [5.74, 6) is -0.556.